The van der Waals surface area contributed by atoms with Crippen LogP contribution in [0.3, 0.4) is 0 Å². The summed E-state index contributed by atoms with van der Waals surface area (Å²) < 4.78 is 36.4. The number of nitrogens with zero attached hydrogens (tertiary/aromatic N) is 1. The van der Waals surface area contributed by atoms with Crippen molar-refractivity contribution in [3.05, 3.63) is 18.2 Å². The second kappa shape index (κ2) is 7.84. The van der Waals surface area contributed by atoms with Gasteiger partial charge in [-0.3, -0.25) is 4.79 Å². The molecule has 2 heterocycles. The molecule has 0 aliphatic carbocycles. The lowest BCUT2D eigenvalue weighted by atomic mass is 10.1. The van der Waals surface area contributed by atoms with Gasteiger partial charge in [-0.2, -0.15) is 0 Å². The molecular weight excluding hydrogens is 356 g/mol. The Morgan fingerprint density at radius 1 is 1.15 bits per heavy atom. The molecule has 0 unspecified atom stereocenters. The summed E-state index contributed by atoms with van der Waals surface area (Å²) in [5.74, 6) is 0.669. The number of carbonyl (C=O) groups excluding carboxylic acids is 1. The third-order valence-electron chi connectivity index (χ3n) is 4.57. The molecule has 1 amide bonds. The maximum atomic E-state index is 12.6. The van der Waals surface area contributed by atoms with Gasteiger partial charge < -0.3 is 19.7 Å². The van der Waals surface area contributed by atoms with Crippen LogP contribution < -0.4 is 14.8 Å². The first-order chi connectivity index (χ1) is 12.3. The van der Waals surface area contributed by atoms with Crippen LogP contribution >= 0.6 is 0 Å². The minimum Gasteiger partial charge on any atom is -0.490 e. The Hall–Kier alpha value is -1.80. The van der Waals surface area contributed by atoms with E-state index in [2.05, 4.69) is 5.32 Å². The molecule has 2 aliphatic rings. The smallest absolute Gasteiger partial charge is 0.223 e. The third kappa shape index (κ3) is 4.48. The Kier molecular flexibility index (Phi) is 5.72. The molecule has 1 N–H and O–H groups in total. The van der Waals surface area contributed by atoms with Crippen LogP contribution in [0.5, 0.6) is 11.5 Å². The predicted octanol–water partition coefficient (Wildman–Crippen LogP) is 1.22. The van der Waals surface area contributed by atoms with Crippen molar-refractivity contribution in [2.75, 3.05) is 32.1 Å². The Balaban J connectivity index is 1.65. The number of hydrogen-bond acceptors (Lipinski definition) is 6. The van der Waals surface area contributed by atoms with Crippen molar-refractivity contribution in [2.45, 2.75) is 43.7 Å². The van der Waals surface area contributed by atoms with E-state index in [9.17, 15) is 13.2 Å². The highest BCUT2D eigenvalue weighted by Gasteiger charge is 2.26. The van der Waals surface area contributed by atoms with Gasteiger partial charge in [0.25, 0.3) is 0 Å². The Morgan fingerprint density at radius 3 is 2.50 bits per heavy atom. The number of sulfone groups is 1. The first-order valence-electron chi connectivity index (χ1n) is 9.01. The predicted molar refractivity (Wildman–Crippen MR) is 97.4 cm³/mol. The first-order valence-corrected chi connectivity index (χ1v) is 10.7. The van der Waals surface area contributed by atoms with Crippen molar-refractivity contribution in [1.29, 1.82) is 0 Å². The van der Waals surface area contributed by atoms with Crippen LogP contribution in [0, 0.1) is 0 Å². The van der Waals surface area contributed by atoms with Gasteiger partial charge in [-0.05, 0) is 26.0 Å². The monoisotopic (exact) mass is 382 g/mol. The van der Waals surface area contributed by atoms with E-state index in [4.69, 9.17) is 9.47 Å². The summed E-state index contributed by atoms with van der Waals surface area (Å²) in [6, 6.07) is 5.05. The van der Waals surface area contributed by atoms with E-state index in [0.717, 1.165) is 6.42 Å². The van der Waals surface area contributed by atoms with E-state index >= 15 is 0 Å². The number of amides is 1. The van der Waals surface area contributed by atoms with Gasteiger partial charge in [-0.15, -0.1) is 0 Å². The molecule has 8 heteroatoms. The number of benzene rings is 1. The number of rotatable bonds is 4. The SMILES string of the molecule is C[C@H]1CN(C(=O)CCS(=O)(=O)c2ccc3c(c2)OCCCO3)C[C@H](C)N1. The lowest BCUT2D eigenvalue weighted by molar-refractivity contribution is -0.132. The second-order valence-electron chi connectivity index (χ2n) is 7.00. The van der Waals surface area contributed by atoms with E-state index in [0.29, 0.717) is 37.8 Å². The van der Waals surface area contributed by atoms with Gasteiger partial charge in [-0.1, -0.05) is 0 Å². The van der Waals surface area contributed by atoms with Gasteiger partial charge in [0.15, 0.2) is 21.3 Å². The van der Waals surface area contributed by atoms with Crippen molar-refractivity contribution in [3.8, 4) is 11.5 Å². The largest absolute Gasteiger partial charge is 0.490 e. The van der Waals surface area contributed by atoms with E-state index in [1.807, 2.05) is 13.8 Å². The molecule has 1 aromatic carbocycles. The van der Waals surface area contributed by atoms with Gasteiger partial charge in [-0.25, -0.2) is 8.42 Å². The third-order valence-corrected chi connectivity index (χ3v) is 6.29. The number of piperazine rings is 1. The quantitative estimate of drug-likeness (QED) is 0.843. The minimum atomic E-state index is -3.57. The van der Waals surface area contributed by atoms with Crippen molar-refractivity contribution in [1.82, 2.24) is 10.2 Å². The molecule has 7 nitrogen and oxygen atoms in total. The molecule has 2 atom stereocenters. The minimum absolute atomic E-state index is 0.0176. The van der Waals surface area contributed by atoms with Gasteiger partial charge in [0.1, 0.15) is 0 Å². The van der Waals surface area contributed by atoms with Crippen molar-refractivity contribution >= 4 is 15.7 Å². The Bertz CT molecular complexity index is 755. The highest BCUT2D eigenvalue weighted by Crippen LogP contribution is 2.32. The van der Waals surface area contributed by atoms with E-state index in [-0.39, 0.29) is 35.1 Å². The van der Waals surface area contributed by atoms with Crippen LogP contribution in [0.4, 0.5) is 0 Å². The van der Waals surface area contributed by atoms with E-state index in [1.54, 1.807) is 11.0 Å². The van der Waals surface area contributed by atoms with Crippen molar-refractivity contribution in [3.63, 3.8) is 0 Å². The summed E-state index contributed by atoms with van der Waals surface area (Å²) in [5.41, 5.74) is 0. The first kappa shape index (κ1) is 19.0. The maximum absolute atomic E-state index is 12.6. The molecule has 3 rings (SSSR count). The molecule has 1 aromatic rings. The van der Waals surface area contributed by atoms with Gasteiger partial charge in [0.05, 0.1) is 23.9 Å². The topological polar surface area (TPSA) is 84.9 Å². The summed E-state index contributed by atoms with van der Waals surface area (Å²) in [4.78, 5) is 14.3. The maximum Gasteiger partial charge on any atom is 0.223 e. The lowest BCUT2D eigenvalue weighted by Gasteiger charge is -2.36. The van der Waals surface area contributed by atoms with E-state index in [1.165, 1.54) is 12.1 Å². The molecule has 1 saturated heterocycles. The Morgan fingerprint density at radius 2 is 1.81 bits per heavy atom. The fourth-order valence-corrected chi connectivity index (χ4v) is 4.61. The molecule has 0 bridgehead atoms. The average molecular weight is 382 g/mol. The second-order valence-corrected chi connectivity index (χ2v) is 9.10. The summed E-state index contributed by atoms with van der Waals surface area (Å²) in [6.07, 6.45) is 0.739. The van der Waals surface area contributed by atoms with Crippen LogP contribution in [0.25, 0.3) is 0 Å². The summed E-state index contributed by atoms with van der Waals surface area (Å²) in [5, 5.41) is 3.36. The number of fused-ring (bicyclic) bond motifs is 1. The van der Waals surface area contributed by atoms with E-state index < -0.39 is 9.84 Å². The van der Waals surface area contributed by atoms with Crippen molar-refractivity contribution < 1.29 is 22.7 Å². The van der Waals surface area contributed by atoms with Crippen LogP contribution in [-0.2, 0) is 14.6 Å². The highest BCUT2D eigenvalue weighted by molar-refractivity contribution is 7.91. The molecule has 0 spiro atoms. The molecule has 1 fully saturated rings. The lowest BCUT2D eigenvalue weighted by Crippen LogP contribution is -2.56. The standard InChI is InChI=1S/C18H26N2O5S/c1-13-11-20(12-14(2)19-13)18(21)6-9-26(22,23)15-4-5-16-17(10-15)25-8-3-7-24-16/h4-5,10,13-14,19H,3,6-9,11-12H2,1-2H3/t13-,14-/m0/s1. The zero-order valence-corrected chi connectivity index (χ0v) is 16.0. The van der Waals surface area contributed by atoms with Crippen LogP contribution in [-0.4, -0.2) is 63.4 Å². The zero-order valence-electron chi connectivity index (χ0n) is 15.2. The van der Waals surface area contributed by atoms with Gasteiger partial charge in [0.2, 0.25) is 5.91 Å². The normalized spacial score (nSPS) is 23.4. The molecule has 144 valence electrons. The Labute approximate surface area is 154 Å². The molecule has 0 radical (unpaired) electrons. The number of hydrogen-bond donors (Lipinski definition) is 1. The summed E-state index contributed by atoms with van der Waals surface area (Å²) in [7, 11) is -3.57. The molecule has 0 aromatic heterocycles. The van der Waals surface area contributed by atoms with Crippen LogP contribution in [0.2, 0.25) is 0 Å². The molecule has 2 aliphatic heterocycles. The molecular formula is C18H26N2O5S. The average Bonchev–Trinajstić information content (AvgIpc) is 2.83. The van der Waals surface area contributed by atoms with Crippen molar-refractivity contribution in [2.24, 2.45) is 0 Å². The highest BCUT2D eigenvalue weighted by atomic mass is 32.2. The number of nitrogens with one attached hydrogen (secondary N) is 1. The molecule has 26 heavy (non-hydrogen) atoms. The van der Waals surface area contributed by atoms with Gasteiger partial charge >= 0.3 is 0 Å². The zero-order chi connectivity index (χ0) is 18.7. The number of carbonyl (C=O) groups is 1. The van der Waals surface area contributed by atoms with Gasteiger partial charge in [0, 0.05) is 44.1 Å². The van der Waals surface area contributed by atoms with Crippen LogP contribution in [0.1, 0.15) is 26.7 Å². The fourth-order valence-electron chi connectivity index (χ4n) is 3.37. The summed E-state index contributed by atoms with van der Waals surface area (Å²) >= 11 is 0. The van der Waals surface area contributed by atoms with Crippen LogP contribution in [0.15, 0.2) is 23.1 Å². The molecule has 0 saturated carbocycles. The fraction of sp³-hybridized carbons (Fsp3) is 0.611. The number of ether oxygens (including phenoxy) is 2. The summed E-state index contributed by atoms with van der Waals surface area (Å²) in [6.45, 7) is 6.29.